The van der Waals surface area contributed by atoms with Gasteiger partial charge in [-0.05, 0) is 24.5 Å². The molecule has 0 heterocycles. The predicted molar refractivity (Wildman–Crippen MR) is 65.3 cm³/mol. The molecule has 0 atom stereocenters. The summed E-state index contributed by atoms with van der Waals surface area (Å²) in [6.45, 7) is 0.677. The lowest BCUT2D eigenvalue weighted by Gasteiger charge is -2.25. The van der Waals surface area contributed by atoms with Crippen LogP contribution in [0.1, 0.15) is 36.0 Å². The predicted octanol–water partition coefficient (Wildman–Crippen LogP) is 2.54. The van der Waals surface area contributed by atoms with Gasteiger partial charge in [0.25, 0.3) is 0 Å². The molecule has 1 aliphatic carbocycles. The molecule has 1 aromatic rings. The first-order chi connectivity index (χ1) is 8.16. The first kappa shape index (κ1) is 11.8. The highest BCUT2D eigenvalue weighted by atomic mass is 16.5. The molecular weight excluding hydrogens is 218 g/mol. The Morgan fingerprint density at radius 1 is 1.47 bits per heavy atom. The van der Waals surface area contributed by atoms with Gasteiger partial charge in [-0.2, -0.15) is 0 Å². The molecule has 0 bridgehead atoms. The fourth-order valence-corrected chi connectivity index (χ4v) is 1.95. The van der Waals surface area contributed by atoms with Crippen LogP contribution in [0.5, 0.6) is 5.75 Å². The zero-order valence-corrected chi connectivity index (χ0v) is 9.69. The van der Waals surface area contributed by atoms with Crippen LogP contribution in [0.25, 0.3) is 0 Å². The molecule has 4 nitrogen and oxygen atoms in total. The van der Waals surface area contributed by atoms with Crippen molar-refractivity contribution in [3.63, 3.8) is 0 Å². The quantitative estimate of drug-likeness (QED) is 0.769. The number of carboxylic acids is 1. The minimum Gasteiger partial charge on any atom is -0.494 e. The molecule has 0 aliphatic heterocycles. The summed E-state index contributed by atoms with van der Waals surface area (Å²) >= 11 is 0. The van der Waals surface area contributed by atoms with E-state index >= 15 is 0 Å². The number of rotatable bonds is 5. The van der Waals surface area contributed by atoms with Crippen molar-refractivity contribution in [1.29, 1.82) is 0 Å². The minimum atomic E-state index is -1.01. The fraction of sp³-hybridized carbons (Fsp3) is 0.462. The lowest BCUT2D eigenvalue weighted by Crippen LogP contribution is -2.14. The van der Waals surface area contributed by atoms with Crippen molar-refractivity contribution in [2.24, 2.45) is 5.92 Å². The van der Waals surface area contributed by atoms with Crippen LogP contribution >= 0.6 is 0 Å². The third-order valence-corrected chi connectivity index (χ3v) is 3.27. The molecule has 0 saturated heterocycles. The summed E-state index contributed by atoms with van der Waals surface area (Å²) in [7, 11) is 0. The van der Waals surface area contributed by atoms with Gasteiger partial charge in [-0.3, -0.25) is 0 Å². The molecule has 0 amide bonds. The van der Waals surface area contributed by atoms with Crippen molar-refractivity contribution in [3.8, 4) is 5.75 Å². The van der Waals surface area contributed by atoms with Gasteiger partial charge in [-0.15, -0.1) is 0 Å². The van der Waals surface area contributed by atoms with Crippen LogP contribution in [0.2, 0.25) is 0 Å². The zero-order valence-electron chi connectivity index (χ0n) is 9.69. The normalized spacial score (nSPS) is 15.3. The van der Waals surface area contributed by atoms with Crippen molar-refractivity contribution >= 4 is 11.7 Å². The number of nitrogen functional groups attached to an aromatic ring is 1. The first-order valence-corrected chi connectivity index (χ1v) is 5.92. The summed E-state index contributed by atoms with van der Waals surface area (Å²) in [4.78, 5) is 10.8. The molecular formula is C13H17NO3. The van der Waals surface area contributed by atoms with Crippen LogP contribution in [0, 0.1) is 5.92 Å². The molecule has 0 unspecified atom stereocenters. The molecule has 4 heteroatoms. The number of aromatic carboxylic acids is 1. The van der Waals surface area contributed by atoms with Gasteiger partial charge in [0.05, 0.1) is 12.2 Å². The van der Waals surface area contributed by atoms with E-state index < -0.39 is 5.97 Å². The Morgan fingerprint density at radius 2 is 2.24 bits per heavy atom. The fourth-order valence-electron chi connectivity index (χ4n) is 1.95. The number of hydrogen-bond acceptors (Lipinski definition) is 3. The van der Waals surface area contributed by atoms with E-state index in [0.717, 1.165) is 12.3 Å². The van der Waals surface area contributed by atoms with Crippen molar-refractivity contribution in [2.75, 3.05) is 12.3 Å². The van der Waals surface area contributed by atoms with Crippen molar-refractivity contribution in [2.45, 2.75) is 25.7 Å². The topological polar surface area (TPSA) is 72.5 Å². The largest absolute Gasteiger partial charge is 0.494 e. The second kappa shape index (κ2) is 5.08. The van der Waals surface area contributed by atoms with E-state index in [1.165, 1.54) is 25.3 Å². The van der Waals surface area contributed by atoms with E-state index in [-0.39, 0.29) is 11.3 Å². The van der Waals surface area contributed by atoms with Crippen molar-refractivity contribution in [1.82, 2.24) is 0 Å². The first-order valence-electron chi connectivity index (χ1n) is 5.92. The van der Waals surface area contributed by atoms with Gasteiger partial charge in [0, 0.05) is 11.8 Å². The minimum absolute atomic E-state index is 0.122. The van der Waals surface area contributed by atoms with Gasteiger partial charge in [0.2, 0.25) is 0 Å². The molecule has 0 radical (unpaired) electrons. The lowest BCUT2D eigenvalue weighted by atomic mass is 9.83. The molecule has 0 spiro atoms. The van der Waals surface area contributed by atoms with Gasteiger partial charge in [-0.25, -0.2) is 4.79 Å². The van der Waals surface area contributed by atoms with Gasteiger partial charge in [0.15, 0.2) is 0 Å². The number of ether oxygens (including phenoxy) is 1. The van der Waals surface area contributed by atoms with Gasteiger partial charge in [-0.1, -0.05) is 19.3 Å². The summed E-state index contributed by atoms with van der Waals surface area (Å²) in [5, 5.41) is 8.82. The van der Waals surface area contributed by atoms with Crippen LogP contribution in [0.15, 0.2) is 18.2 Å². The van der Waals surface area contributed by atoms with Crippen LogP contribution in [-0.2, 0) is 0 Å². The van der Waals surface area contributed by atoms with Crippen molar-refractivity contribution in [3.05, 3.63) is 23.8 Å². The maximum Gasteiger partial charge on any atom is 0.337 e. The Kier molecular flexibility index (Phi) is 3.52. The third-order valence-electron chi connectivity index (χ3n) is 3.27. The lowest BCUT2D eigenvalue weighted by molar-refractivity contribution is 0.0698. The average Bonchev–Trinajstić information content (AvgIpc) is 2.21. The molecule has 0 aromatic heterocycles. The number of hydrogen-bond donors (Lipinski definition) is 2. The van der Waals surface area contributed by atoms with E-state index in [0.29, 0.717) is 12.4 Å². The standard InChI is InChI=1S/C13H17NO3/c14-12-8-10(4-5-11(12)13(15)16)17-7-6-9-2-1-3-9/h4-5,8-9H,1-3,6-7,14H2,(H,15,16). The molecule has 1 fully saturated rings. The number of carboxylic acid groups (broad SMARTS) is 1. The van der Waals surface area contributed by atoms with Gasteiger partial charge < -0.3 is 15.6 Å². The van der Waals surface area contributed by atoms with E-state index in [1.54, 1.807) is 12.1 Å². The van der Waals surface area contributed by atoms with Crippen LogP contribution in [0.3, 0.4) is 0 Å². The molecule has 1 aliphatic rings. The van der Waals surface area contributed by atoms with E-state index in [4.69, 9.17) is 15.6 Å². The summed E-state index contributed by atoms with van der Waals surface area (Å²) in [6, 6.07) is 4.71. The van der Waals surface area contributed by atoms with Crippen molar-refractivity contribution < 1.29 is 14.6 Å². The monoisotopic (exact) mass is 235 g/mol. The smallest absolute Gasteiger partial charge is 0.337 e. The van der Waals surface area contributed by atoms with E-state index in [9.17, 15) is 4.79 Å². The zero-order chi connectivity index (χ0) is 12.3. The Bertz CT molecular complexity index is 413. The van der Waals surface area contributed by atoms with Crippen LogP contribution in [0.4, 0.5) is 5.69 Å². The van der Waals surface area contributed by atoms with Crippen LogP contribution < -0.4 is 10.5 Å². The summed E-state index contributed by atoms with van der Waals surface area (Å²) in [6.07, 6.45) is 5.03. The number of benzene rings is 1. The van der Waals surface area contributed by atoms with Crippen LogP contribution in [-0.4, -0.2) is 17.7 Å². The summed E-state index contributed by atoms with van der Waals surface area (Å²) in [5.41, 5.74) is 6.00. The number of carbonyl (C=O) groups is 1. The number of nitrogens with two attached hydrogens (primary N) is 1. The maximum atomic E-state index is 10.8. The Morgan fingerprint density at radius 3 is 2.76 bits per heavy atom. The molecule has 1 aromatic carbocycles. The molecule has 3 N–H and O–H groups in total. The van der Waals surface area contributed by atoms with E-state index in [2.05, 4.69) is 0 Å². The Labute approximate surface area is 100 Å². The molecule has 17 heavy (non-hydrogen) atoms. The highest BCUT2D eigenvalue weighted by Crippen LogP contribution is 2.29. The molecule has 92 valence electrons. The second-order valence-electron chi connectivity index (χ2n) is 4.49. The highest BCUT2D eigenvalue weighted by molar-refractivity contribution is 5.93. The number of anilines is 1. The maximum absolute atomic E-state index is 10.8. The Balaban J connectivity index is 1.88. The summed E-state index contributed by atoms with van der Waals surface area (Å²) in [5.74, 6) is 0.445. The SMILES string of the molecule is Nc1cc(OCCC2CCC2)ccc1C(=O)O. The Hall–Kier alpha value is -1.71. The summed E-state index contributed by atoms with van der Waals surface area (Å²) < 4.78 is 5.56. The third kappa shape index (κ3) is 2.90. The van der Waals surface area contributed by atoms with Gasteiger partial charge >= 0.3 is 5.97 Å². The van der Waals surface area contributed by atoms with E-state index in [1.807, 2.05) is 0 Å². The van der Waals surface area contributed by atoms with Gasteiger partial charge in [0.1, 0.15) is 5.75 Å². The second-order valence-corrected chi connectivity index (χ2v) is 4.49. The molecule has 1 saturated carbocycles. The average molecular weight is 235 g/mol. The molecule has 2 rings (SSSR count). The highest BCUT2D eigenvalue weighted by Gasteiger charge is 2.17.